The number of aliphatic hydroxyl groups excluding tert-OH is 1. The molecule has 19 heavy (non-hydrogen) atoms. The van der Waals surface area contributed by atoms with Crippen LogP contribution in [0.15, 0.2) is 18.3 Å². The van der Waals surface area contributed by atoms with Crippen LogP contribution in [0.5, 0.6) is 0 Å². The first kappa shape index (κ1) is 14.1. The highest BCUT2D eigenvalue weighted by atomic mass is 19.4. The molecule has 1 aromatic heterocycles. The van der Waals surface area contributed by atoms with Crippen molar-refractivity contribution in [3.63, 3.8) is 0 Å². The van der Waals surface area contributed by atoms with Gasteiger partial charge in [-0.25, -0.2) is 4.98 Å². The maximum atomic E-state index is 12.7. The smallest absolute Gasteiger partial charge is 0.395 e. The van der Waals surface area contributed by atoms with Crippen LogP contribution in [0.25, 0.3) is 0 Å². The molecule has 6 heteroatoms. The Morgan fingerprint density at radius 2 is 2.00 bits per heavy atom. The van der Waals surface area contributed by atoms with Gasteiger partial charge in [-0.3, -0.25) is 0 Å². The van der Waals surface area contributed by atoms with Gasteiger partial charge in [-0.2, -0.15) is 13.2 Å². The van der Waals surface area contributed by atoms with Crippen molar-refractivity contribution >= 4 is 5.82 Å². The molecule has 1 aliphatic rings. The Morgan fingerprint density at radius 3 is 2.58 bits per heavy atom. The molecule has 106 valence electrons. The van der Waals surface area contributed by atoms with Crippen molar-refractivity contribution in [1.29, 1.82) is 0 Å². The molecule has 1 fully saturated rings. The Hall–Kier alpha value is -1.30. The lowest BCUT2D eigenvalue weighted by Crippen LogP contribution is -2.36. The summed E-state index contributed by atoms with van der Waals surface area (Å²) in [4.78, 5) is 5.83. The van der Waals surface area contributed by atoms with Gasteiger partial charge in [0.1, 0.15) is 5.82 Å². The number of halogens is 3. The van der Waals surface area contributed by atoms with E-state index in [9.17, 15) is 13.2 Å². The summed E-state index contributed by atoms with van der Waals surface area (Å²) in [5, 5.41) is 9.10. The molecule has 1 saturated carbocycles. The molecule has 0 amide bonds. The molecular formula is C13H17F3N2O. The fourth-order valence-corrected chi connectivity index (χ4v) is 2.56. The minimum Gasteiger partial charge on any atom is -0.395 e. The summed E-state index contributed by atoms with van der Waals surface area (Å²) in [6.45, 7) is 0.230. The fraction of sp³-hybridized carbons (Fsp3) is 0.615. The van der Waals surface area contributed by atoms with Crippen LogP contribution in [0.3, 0.4) is 0 Å². The highest BCUT2D eigenvalue weighted by molar-refractivity contribution is 5.43. The third-order valence-corrected chi connectivity index (χ3v) is 3.47. The van der Waals surface area contributed by atoms with E-state index in [1.807, 2.05) is 0 Å². The zero-order chi connectivity index (χ0) is 13.9. The molecule has 1 aliphatic carbocycles. The van der Waals surface area contributed by atoms with Crippen molar-refractivity contribution in [1.82, 2.24) is 4.98 Å². The summed E-state index contributed by atoms with van der Waals surface area (Å²) < 4.78 is 38.1. The van der Waals surface area contributed by atoms with E-state index in [-0.39, 0.29) is 12.6 Å². The zero-order valence-electron chi connectivity index (χ0n) is 10.5. The van der Waals surface area contributed by atoms with Crippen LogP contribution < -0.4 is 4.90 Å². The first-order chi connectivity index (χ1) is 9.02. The molecule has 0 aliphatic heterocycles. The van der Waals surface area contributed by atoms with Crippen molar-refractivity contribution in [2.24, 2.45) is 0 Å². The van der Waals surface area contributed by atoms with Gasteiger partial charge >= 0.3 is 6.18 Å². The second-order valence-electron chi connectivity index (χ2n) is 4.76. The monoisotopic (exact) mass is 274 g/mol. The third-order valence-electron chi connectivity index (χ3n) is 3.47. The van der Waals surface area contributed by atoms with Gasteiger partial charge in [0.2, 0.25) is 0 Å². The van der Waals surface area contributed by atoms with Crippen LogP contribution in [0.2, 0.25) is 0 Å². The van der Waals surface area contributed by atoms with Crippen LogP contribution in [0, 0.1) is 0 Å². The molecule has 0 radical (unpaired) electrons. The molecule has 0 aromatic carbocycles. The fourth-order valence-electron chi connectivity index (χ4n) is 2.56. The van der Waals surface area contributed by atoms with Crippen molar-refractivity contribution in [3.05, 3.63) is 23.9 Å². The first-order valence-corrected chi connectivity index (χ1v) is 6.43. The van der Waals surface area contributed by atoms with Gasteiger partial charge in [0.05, 0.1) is 12.2 Å². The van der Waals surface area contributed by atoms with E-state index in [2.05, 4.69) is 4.98 Å². The molecule has 0 unspecified atom stereocenters. The predicted octanol–water partition coefficient (Wildman–Crippen LogP) is 2.84. The molecule has 2 rings (SSSR count). The van der Waals surface area contributed by atoms with Gasteiger partial charge < -0.3 is 10.0 Å². The van der Waals surface area contributed by atoms with Crippen LogP contribution >= 0.6 is 0 Å². The number of alkyl halides is 3. The third kappa shape index (κ3) is 3.37. The minimum atomic E-state index is -4.36. The zero-order valence-corrected chi connectivity index (χ0v) is 10.5. The number of pyridine rings is 1. The van der Waals surface area contributed by atoms with Gasteiger partial charge in [0, 0.05) is 18.8 Å². The summed E-state index contributed by atoms with van der Waals surface area (Å²) in [5.74, 6) is 0.302. The van der Waals surface area contributed by atoms with E-state index in [1.165, 1.54) is 6.20 Å². The Morgan fingerprint density at radius 1 is 1.32 bits per heavy atom. The number of hydrogen-bond acceptors (Lipinski definition) is 3. The Kier molecular flexibility index (Phi) is 4.29. The van der Waals surface area contributed by atoms with E-state index < -0.39 is 11.7 Å². The average Bonchev–Trinajstić information content (AvgIpc) is 2.88. The standard InChI is InChI=1S/C13H17F3N2O/c14-13(15,16)10-5-6-17-12(9-10)18(7-8-19)11-3-1-2-4-11/h5-6,9,11,19H,1-4,7-8H2. The molecular weight excluding hydrogens is 257 g/mol. The largest absolute Gasteiger partial charge is 0.416 e. The van der Waals surface area contributed by atoms with Gasteiger partial charge in [-0.15, -0.1) is 0 Å². The predicted molar refractivity (Wildman–Crippen MR) is 65.9 cm³/mol. The number of aromatic nitrogens is 1. The highest BCUT2D eigenvalue weighted by Gasteiger charge is 2.32. The van der Waals surface area contributed by atoms with Crippen LogP contribution in [0.4, 0.5) is 19.0 Å². The summed E-state index contributed by atoms with van der Waals surface area (Å²) in [6.07, 6.45) is 0.850. The number of aliphatic hydroxyl groups is 1. The summed E-state index contributed by atoms with van der Waals surface area (Å²) in [5.41, 5.74) is -0.696. The molecule has 3 nitrogen and oxygen atoms in total. The van der Waals surface area contributed by atoms with Crippen molar-refractivity contribution in [2.45, 2.75) is 37.9 Å². The Labute approximate surface area is 110 Å². The minimum absolute atomic E-state index is 0.0889. The number of rotatable bonds is 4. The first-order valence-electron chi connectivity index (χ1n) is 6.43. The molecule has 0 spiro atoms. The van der Waals surface area contributed by atoms with Crippen LogP contribution in [-0.4, -0.2) is 29.3 Å². The number of hydrogen-bond donors (Lipinski definition) is 1. The van der Waals surface area contributed by atoms with Gasteiger partial charge in [-0.1, -0.05) is 12.8 Å². The lowest BCUT2D eigenvalue weighted by Gasteiger charge is -2.29. The number of anilines is 1. The lowest BCUT2D eigenvalue weighted by atomic mass is 10.2. The maximum Gasteiger partial charge on any atom is 0.416 e. The lowest BCUT2D eigenvalue weighted by molar-refractivity contribution is -0.137. The molecule has 0 atom stereocenters. The highest BCUT2D eigenvalue weighted by Crippen LogP contribution is 2.32. The molecule has 0 bridgehead atoms. The van der Waals surface area contributed by atoms with Gasteiger partial charge in [-0.05, 0) is 25.0 Å². The van der Waals surface area contributed by atoms with E-state index in [0.29, 0.717) is 12.4 Å². The second kappa shape index (κ2) is 5.77. The molecule has 1 aromatic rings. The van der Waals surface area contributed by atoms with Gasteiger partial charge in [0.25, 0.3) is 0 Å². The van der Waals surface area contributed by atoms with Crippen molar-refractivity contribution in [3.8, 4) is 0 Å². The van der Waals surface area contributed by atoms with Gasteiger partial charge in [0.15, 0.2) is 0 Å². The summed E-state index contributed by atoms with van der Waals surface area (Å²) >= 11 is 0. The van der Waals surface area contributed by atoms with Crippen molar-refractivity contribution in [2.75, 3.05) is 18.1 Å². The van der Waals surface area contributed by atoms with E-state index in [4.69, 9.17) is 5.11 Å². The Balaban J connectivity index is 2.25. The maximum absolute atomic E-state index is 12.7. The number of nitrogens with zero attached hydrogens (tertiary/aromatic N) is 2. The normalized spacial score (nSPS) is 16.8. The molecule has 0 saturated heterocycles. The molecule has 1 heterocycles. The SMILES string of the molecule is OCCN(c1cc(C(F)(F)F)ccn1)C1CCCC1. The van der Waals surface area contributed by atoms with Crippen LogP contribution in [-0.2, 0) is 6.18 Å². The Bertz CT molecular complexity index is 417. The summed E-state index contributed by atoms with van der Waals surface area (Å²) in [7, 11) is 0. The molecule has 1 N–H and O–H groups in total. The van der Waals surface area contributed by atoms with E-state index in [0.717, 1.165) is 37.8 Å². The van der Waals surface area contributed by atoms with E-state index >= 15 is 0 Å². The average molecular weight is 274 g/mol. The van der Waals surface area contributed by atoms with E-state index in [1.54, 1.807) is 4.90 Å². The van der Waals surface area contributed by atoms with Crippen LogP contribution in [0.1, 0.15) is 31.2 Å². The quantitative estimate of drug-likeness (QED) is 0.917. The topological polar surface area (TPSA) is 36.4 Å². The second-order valence-corrected chi connectivity index (χ2v) is 4.76. The summed E-state index contributed by atoms with van der Waals surface area (Å²) in [6, 6.07) is 2.21. The van der Waals surface area contributed by atoms with Crippen molar-refractivity contribution < 1.29 is 18.3 Å².